The van der Waals surface area contributed by atoms with E-state index in [9.17, 15) is 19.1 Å². The topological polar surface area (TPSA) is 76.7 Å². The molecule has 174 valence electrons. The summed E-state index contributed by atoms with van der Waals surface area (Å²) in [4.78, 5) is 25.8. The number of aromatic nitrogens is 2. The molecule has 2 aromatic heterocycles. The van der Waals surface area contributed by atoms with Gasteiger partial charge in [0.05, 0.1) is 17.7 Å². The zero-order valence-electron chi connectivity index (χ0n) is 18.7. The number of nitrogens with zero attached hydrogens (tertiary/aromatic N) is 3. The molecule has 1 aliphatic rings. The van der Waals surface area contributed by atoms with Crippen molar-refractivity contribution in [3.05, 3.63) is 93.8 Å². The third-order valence-corrected chi connectivity index (χ3v) is 6.37. The van der Waals surface area contributed by atoms with E-state index in [0.717, 1.165) is 40.6 Å². The number of carboxylic acid groups (broad SMARTS) is 1. The predicted molar refractivity (Wildman–Crippen MR) is 126 cm³/mol. The van der Waals surface area contributed by atoms with Crippen LogP contribution in [0.5, 0.6) is 5.75 Å². The Balaban J connectivity index is 1.43. The maximum Gasteiger partial charge on any atom is 0.407 e. The summed E-state index contributed by atoms with van der Waals surface area (Å²) in [6.45, 7) is 1.12. The minimum Gasteiger partial charge on any atom is -0.489 e. The third-order valence-electron chi connectivity index (χ3n) is 6.37. The number of ether oxygens (including phenoxy) is 1. The summed E-state index contributed by atoms with van der Waals surface area (Å²) in [6, 6.07) is 15.0. The van der Waals surface area contributed by atoms with Gasteiger partial charge in [-0.15, -0.1) is 0 Å². The quantitative estimate of drug-likeness (QED) is 0.486. The van der Waals surface area contributed by atoms with E-state index in [1.165, 1.54) is 23.1 Å². The number of carbonyl (C=O) groups is 1. The summed E-state index contributed by atoms with van der Waals surface area (Å²) in [5.74, 6) is 0.128. The monoisotopic (exact) mass is 461 g/mol. The van der Waals surface area contributed by atoms with Crippen molar-refractivity contribution in [3.8, 4) is 11.4 Å². The molecule has 2 aromatic carbocycles. The van der Waals surface area contributed by atoms with Crippen LogP contribution in [0.25, 0.3) is 16.6 Å². The van der Waals surface area contributed by atoms with E-state index in [1.807, 2.05) is 25.2 Å². The Morgan fingerprint density at radius 1 is 1.12 bits per heavy atom. The lowest BCUT2D eigenvalue weighted by Crippen LogP contribution is -2.28. The molecule has 7 nitrogen and oxygen atoms in total. The Morgan fingerprint density at radius 3 is 2.65 bits per heavy atom. The molecule has 0 saturated carbocycles. The fourth-order valence-corrected chi connectivity index (χ4v) is 4.58. The summed E-state index contributed by atoms with van der Waals surface area (Å²) in [6.07, 6.45) is 2.34. The van der Waals surface area contributed by atoms with Crippen molar-refractivity contribution in [1.29, 1.82) is 0 Å². The highest BCUT2D eigenvalue weighted by Crippen LogP contribution is 2.31. The van der Waals surface area contributed by atoms with E-state index < -0.39 is 6.09 Å². The van der Waals surface area contributed by atoms with Crippen molar-refractivity contribution in [3.63, 3.8) is 0 Å². The maximum absolute atomic E-state index is 13.1. The first kappa shape index (κ1) is 21.8. The van der Waals surface area contributed by atoms with E-state index in [2.05, 4.69) is 4.57 Å². The van der Waals surface area contributed by atoms with E-state index in [0.29, 0.717) is 24.5 Å². The van der Waals surface area contributed by atoms with Gasteiger partial charge in [0.25, 0.3) is 5.56 Å². The van der Waals surface area contributed by atoms with E-state index in [4.69, 9.17) is 4.74 Å². The van der Waals surface area contributed by atoms with E-state index >= 15 is 0 Å². The van der Waals surface area contributed by atoms with Crippen molar-refractivity contribution in [2.45, 2.75) is 26.0 Å². The first-order chi connectivity index (χ1) is 16.4. The van der Waals surface area contributed by atoms with Gasteiger partial charge in [-0.25, -0.2) is 9.18 Å². The van der Waals surface area contributed by atoms with Crippen LogP contribution in [0.2, 0.25) is 0 Å². The van der Waals surface area contributed by atoms with Gasteiger partial charge in [-0.05, 0) is 48.7 Å². The molecule has 5 rings (SSSR count). The number of amides is 1. The molecular formula is C26H24FN3O4. The second-order valence-electron chi connectivity index (χ2n) is 8.48. The van der Waals surface area contributed by atoms with Crippen molar-refractivity contribution in [2.75, 3.05) is 6.54 Å². The minimum absolute atomic E-state index is 0.233. The van der Waals surface area contributed by atoms with Crippen LogP contribution in [0.3, 0.4) is 0 Å². The molecule has 0 fully saturated rings. The van der Waals surface area contributed by atoms with Gasteiger partial charge in [-0.2, -0.15) is 0 Å². The molecule has 0 spiro atoms. The molecule has 0 bridgehead atoms. The summed E-state index contributed by atoms with van der Waals surface area (Å²) in [5.41, 5.74) is 4.41. The first-order valence-electron chi connectivity index (χ1n) is 11.1. The highest BCUT2D eigenvalue weighted by atomic mass is 19.1. The molecule has 4 aromatic rings. The lowest BCUT2D eigenvalue weighted by molar-refractivity contribution is 0.143. The number of rotatable bonds is 4. The molecule has 1 N–H and O–H groups in total. The van der Waals surface area contributed by atoms with Gasteiger partial charge >= 0.3 is 6.09 Å². The molecule has 1 aliphatic heterocycles. The van der Waals surface area contributed by atoms with Gasteiger partial charge in [0, 0.05) is 42.5 Å². The smallest absolute Gasteiger partial charge is 0.407 e. The average Bonchev–Trinajstić information content (AvgIpc) is 2.97. The molecule has 1 amide bonds. The SMILES string of the molecule is Cn1c2c(c3ccc(-n4ccc(OCc5ccc(F)cc5)cc4=O)cc31)CN(C(=O)O)CCC2. The standard InChI is InChI=1S/C26H24FN3O4/c1-28-23-3-2-11-29(26(32)33)15-22(23)21-9-8-19(13-24(21)28)30-12-10-20(14-25(30)31)34-16-17-4-6-18(27)7-5-17/h4-10,12-14H,2-3,11,15-16H2,1H3,(H,32,33). The molecule has 0 radical (unpaired) electrons. The van der Waals surface area contributed by atoms with Crippen LogP contribution in [0, 0.1) is 5.82 Å². The molecule has 0 aliphatic carbocycles. The minimum atomic E-state index is -0.908. The van der Waals surface area contributed by atoms with Gasteiger partial charge < -0.3 is 19.3 Å². The van der Waals surface area contributed by atoms with Gasteiger partial charge in [0.15, 0.2) is 0 Å². The number of halogens is 1. The highest BCUT2D eigenvalue weighted by Gasteiger charge is 2.23. The van der Waals surface area contributed by atoms with Crippen molar-refractivity contribution >= 4 is 17.0 Å². The zero-order chi connectivity index (χ0) is 23.8. The van der Waals surface area contributed by atoms with Crippen LogP contribution in [0.15, 0.2) is 65.6 Å². The van der Waals surface area contributed by atoms with Crippen LogP contribution in [-0.2, 0) is 26.6 Å². The number of hydrogen-bond donors (Lipinski definition) is 1. The zero-order valence-corrected chi connectivity index (χ0v) is 18.7. The van der Waals surface area contributed by atoms with Crippen LogP contribution < -0.4 is 10.3 Å². The largest absolute Gasteiger partial charge is 0.489 e. The van der Waals surface area contributed by atoms with Gasteiger partial charge in [-0.3, -0.25) is 9.36 Å². The maximum atomic E-state index is 13.1. The normalized spacial score (nSPS) is 13.5. The number of aryl methyl sites for hydroxylation is 1. The van der Waals surface area contributed by atoms with Crippen LogP contribution in [0.1, 0.15) is 23.2 Å². The Bertz CT molecular complexity index is 1440. The Morgan fingerprint density at radius 2 is 1.91 bits per heavy atom. The molecule has 3 heterocycles. The number of fused-ring (bicyclic) bond motifs is 3. The number of benzene rings is 2. The second kappa shape index (κ2) is 8.70. The highest BCUT2D eigenvalue weighted by molar-refractivity contribution is 5.87. The van der Waals surface area contributed by atoms with Crippen LogP contribution in [-0.4, -0.2) is 31.8 Å². The van der Waals surface area contributed by atoms with Crippen molar-refractivity contribution in [2.24, 2.45) is 7.05 Å². The van der Waals surface area contributed by atoms with Crippen molar-refractivity contribution in [1.82, 2.24) is 14.0 Å². The molecular weight excluding hydrogens is 437 g/mol. The van der Waals surface area contributed by atoms with E-state index in [-0.39, 0.29) is 18.0 Å². The molecule has 8 heteroatoms. The second-order valence-corrected chi connectivity index (χ2v) is 8.48. The predicted octanol–water partition coefficient (Wildman–Crippen LogP) is 4.47. The first-order valence-corrected chi connectivity index (χ1v) is 11.1. The van der Waals surface area contributed by atoms with Gasteiger partial charge in [0.2, 0.25) is 0 Å². The van der Waals surface area contributed by atoms with E-state index in [1.54, 1.807) is 29.0 Å². The summed E-state index contributed by atoms with van der Waals surface area (Å²) < 4.78 is 22.4. The Labute approximate surface area is 195 Å². The third kappa shape index (κ3) is 4.03. The summed E-state index contributed by atoms with van der Waals surface area (Å²) in [5, 5.41) is 10.5. The fraction of sp³-hybridized carbons (Fsp3) is 0.231. The molecule has 0 unspecified atom stereocenters. The average molecular weight is 461 g/mol. The fourth-order valence-electron chi connectivity index (χ4n) is 4.58. The number of hydrogen-bond acceptors (Lipinski definition) is 3. The van der Waals surface area contributed by atoms with Gasteiger partial charge in [-0.1, -0.05) is 18.2 Å². The lowest BCUT2D eigenvalue weighted by Gasteiger charge is -2.16. The van der Waals surface area contributed by atoms with Crippen LogP contribution in [0.4, 0.5) is 9.18 Å². The lowest BCUT2D eigenvalue weighted by atomic mass is 10.1. The Kier molecular flexibility index (Phi) is 5.57. The molecule has 34 heavy (non-hydrogen) atoms. The number of pyridine rings is 1. The summed E-state index contributed by atoms with van der Waals surface area (Å²) in [7, 11) is 1.98. The summed E-state index contributed by atoms with van der Waals surface area (Å²) >= 11 is 0. The van der Waals surface area contributed by atoms with Crippen LogP contribution >= 0.6 is 0 Å². The molecule has 0 saturated heterocycles. The van der Waals surface area contributed by atoms with Gasteiger partial charge in [0.1, 0.15) is 18.2 Å². The Hall–Kier alpha value is -4.07. The van der Waals surface area contributed by atoms with Crippen molar-refractivity contribution < 1.29 is 19.0 Å². The molecule has 0 atom stereocenters.